The van der Waals surface area contributed by atoms with Crippen LogP contribution in [0.1, 0.15) is 15.2 Å². The van der Waals surface area contributed by atoms with E-state index in [0.29, 0.717) is 16.5 Å². The van der Waals surface area contributed by atoms with Crippen LogP contribution in [0.5, 0.6) is 0 Å². The zero-order valence-corrected chi connectivity index (χ0v) is 14.7. The minimum Gasteiger partial charge on any atom is -0.465 e. The van der Waals surface area contributed by atoms with Crippen LogP contribution in [0.3, 0.4) is 0 Å². The Morgan fingerprint density at radius 1 is 1.17 bits per heavy atom. The predicted octanol–water partition coefficient (Wildman–Crippen LogP) is 4.17. The first-order valence-corrected chi connectivity index (χ1v) is 8.59. The number of anilines is 1. The first-order chi connectivity index (χ1) is 11.7. The first kappa shape index (κ1) is 16.4. The van der Waals surface area contributed by atoms with Crippen molar-refractivity contribution in [1.82, 2.24) is 5.32 Å². The van der Waals surface area contributed by atoms with Crippen molar-refractivity contribution in [2.24, 2.45) is 0 Å². The normalized spacial score (nSPS) is 10.4. The molecule has 2 aromatic carbocycles. The lowest BCUT2D eigenvalue weighted by molar-refractivity contribution is 0.0606. The molecule has 3 rings (SSSR count). The van der Waals surface area contributed by atoms with Crippen LogP contribution in [0.15, 0.2) is 54.6 Å². The topological polar surface area (TPSA) is 50.4 Å². The fourth-order valence-corrected chi connectivity index (χ4v) is 3.43. The molecule has 1 heterocycles. The number of carbonyl (C=O) groups is 1. The Balaban J connectivity index is 1.66. The van der Waals surface area contributed by atoms with Crippen molar-refractivity contribution in [3.63, 3.8) is 0 Å². The maximum Gasteiger partial charge on any atom is 0.348 e. The Morgan fingerprint density at radius 2 is 1.96 bits per heavy atom. The quantitative estimate of drug-likeness (QED) is 0.543. The summed E-state index contributed by atoms with van der Waals surface area (Å²) in [7, 11) is 1.39. The number of hydrogen-bond acceptors (Lipinski definition) is 4. The Morgan fingerprint density at radius 3 is 2.71 bits per heavy atom. The highest BCUT2D eigenvalue weighted by molar-refractivity contribution is 7.80. The van der Waals surface area contributed by atoms with Crippen molar-refractivity contribution in [2.75, 3.05) is 12.4 Å². The number of benzene rings is 2. The number of ether oxygens (including phenoxy) is 1. The largest absolute Gasteiger partial charge is 0.465 e. The fourth-order valence-electron chi connectivity index (χ4n) is 2.28. The summed E-state index contributed by atoms with van der Waals surface area (Å²) < 4.78 is 5.79. The molecule has 1 aromatic heterocycles. The molecule has 0 aliphatic heterocycles. The maximum absolute atomic E-state index is 11.6. The van der Waals surface area contributed by atoms with Crippen molar-refractivity contribution >= 4 is 50.4 Å². The molecule has 0 aliphatic rings. The van der Waals surface area contributed by atoms with Gasteiger partial charge in [-0.1, -0.05) is 30.3 Å². The van der Waals surface area contributed by atoms with Crippen LogP contribution in [0.2, 0.25) is 0 Å². The number of esters is 1. The van der Waals surface area contributed by atoms with Gasteiger partial charge in [-0.25, -0.2) is 4.79 Å². The third kappa shape index (κ3) is 3.90. The van der Waals surface area contributed by atoms with Gasteiger partial charge in [0.25, 0.3) is 0 Å². The van der Waals surface area contributed by atoms with E-state index in [-0.39, 0.29) is 5.97 Å². The number of methoxy groups -OCH3 is 1. The molecule has 6 heteroatoms. The molecule has 0 radical (unpaired) electrons. The minimum atomic E-state index is -0.314. The van der Waals surface area contributed by atoms with E-state index in [0.717, 1.165) is 21.3 Å². The highest BCUT2D eigenvalue weighted by Crippen LogP contribution is 2.28. The standard InChI is InChI=1S/C18H16N2O2S2/c1-22-17(21)16-10-13-9-14(7-8-15(13)24-16)20-18(23)19-11-12-5-3-2-4-6-12/h2-10H,11H2,1H3,(H2,19,20,23). The van der Waals surface area contributed by atoms with Gasteiger partial charge in [-0.2, -0.15) is 0 Å². The lowest BCUT2D eigenvalue weighted by atomic mass is 10.2. The van der Waals surface area contributed by atoms with Crippen molar-refractivity contribution in [3.05, 3.63) is 65.0 Å². The van der Waals surface area contributed by atoms with Crippen molar-refractivity contribution in [2.45, 2.75) is 6.54 Å². The molecule has 122 valence electrons. The number of rotatable bonds is 4. The second-order valence-corrected chi connectivity index (χ2v) is 6.64. The van der Waals surface area contributed by atoms with E-state index in [1.165, 1.54) is 18.4 Å². The zero-order chi connectivity index (χ0) is 16.9. The third-order valence-electron chi connectivity index (χ3n) is 3.46. The van der Waals surface area contributed by atoms with Crippen LogP contribution in [0, 0.1) is 0 Å². The van der Waals surface area contributed by atoms with Gasteiger partial charge >= 0.3 is 5.97 Å². The highest BCUT2D eigenvalue weighted by Gasteiger charge is 2.10. The summed E-state index contributed by atoms with van der Waals surface area (Å²) in [5.41, 5.74) is 2.04. The maximum atomic E-state index is 11.6. The Kier molecular flexibility index (Phi) is 5.08. The Hall–Kier alpha value is -2.44. The molecule has 3 aromatic rings. The molecule has 0 spiro atoms. The molecule has 2 N–H and O–H groups in total. The zero-order valence-electron chi connectivity index (χ0n) is 13.0. The molecule has 0 unspecified atom stereocenters. The molecule has 0 saturated heterocycles. The first-order valence-electron chi connectivity index (χ1n) is 7.36. The van der Waals surface area contributed by atoms with Gasteiger partial charge in [0, 0.05) is 16.9 Å². The summed E-state index contributed by atoms with van der Waals surface area (Å²) in [5, 5.41) is 7.88. The molecular weight excluding hydrogens is 340 g/mol. The number of carbonyl (C=O) groups excluding carboxylic acids is 1. The molecule has 24 heavy (non-hydrogen) atoms. The van der Waals surface area contributed by atoms with Gasteiger partial charge < -0.3 is 15.4 Å². The molecule has 0 amide bonds. The number of nitrogens with one attached hydrogen (secondary N) is 2. The van der Waals surface area contributed by atoms with Gasteiger partial charge in [0.05, 0.1) is 7.11 Å². The molecule has 0 fully saturated rings. The molecule has 0 bridgehead atoms. The summed E-state index contributed by atoms with van der Waals surface area (Å²) in [4.78, 5) is 12.2. The third-order valence-corrected chi connectivity index (χ3v) is 4.80. The monoisotopic (exact) mass is 356 g/mol. The second kappa shape index (κ2) is 7.42. The minimum absolute atomic E-state index is 0.314. The summed E-state index contributed by atoms with van der Waals surface area (Å²) >= 11 is 6.74. The summed E-state index contributed by atoms with van der Waals surface area (Å²) in [5.74, 6) is -0.314. The van der Waals surface area contributed by atoms with Crippen molar-refractivity contribution in [3.8, 4) is 0 Å². The fraction of sp³-hybridized carbons (Fsp3) is 0.111. The average Bonchev–Trinajstić information content (AvgIpc) is 3.03. The van der Waals surface area contributed by atoms with Gasteiger partial charge in [-0.05, 0) is 47.4 Å². The molecule has 0 saturated carbocycles. The number of thiophene rings is 1. The van der Waals surface area contributed by atoms with Gasteiger partial charge in [-0.3, -0.25) is 0 Å². The molecule has 0 atom stereocenters. The van der Waals surface area contributed by atoms with Gasteiger partial charge in [0.2, 0.25) is 0 Å². The number of thiocarbonyl (C=S) groups is 1. The molecule has 0 aliphatic carbocycles. The van der Waals surface area contributed by atoms with Crippen molar-refractivity contribution in [1.29, 1.82) is 0 Å². The molecule has 4 nitrogen and oxygen atoms in total. The van der Waals surface area contributed by atoms with Crippen LogP contribution >= 0.6 is 23.6 Å². The summed E-state index contributed by atoms with van der Waals surface area (Å²) in [6.45, 7) is 0.667. The van der Waals surface area contributed by atoms with E-state index in [9.17, 15) is 4.79 Å². The lowest BCUT2D eigenvalue weighted by Crippen LogP contribution is -2.27. The Labute approximate surface area is 149 Å². The number of hydrogen-bond donors (Lipinski definition) is 2. The van der Waals surface area contributed by atoms with Crippen LogP contribution in [-0.4, -0.2) is 18.2 Å². The van der Waals surface area contributed by atoms with Crippen molar-refractivity contribution < 1.29 is 9.53 Å². The average molecular weight is 356 g/mol. The van der Waals surface area contributed by atoms with Crippen LogP contribution in [0.4, 0.5) is 5.69 Å². The van der Waals surface area contributed by atoms with E-state index in [1.54, 1.807) is 0 Å². The van der Waals surface area contributed by atoms with Gasteiger partial charge in [-0.15, -0.1) is 11.3 Å². The summed E-state index contributed by atoms with van der Waals surface area (Å²) in [6, 6.07) is 17.8. The van der Waals surface area contributed by atoms with Crippen LogP contribution in [-0.2, 0) is 11.3 Å². The number of fused-ring (bicyclic) bond motifs is 1. The molecular formula is C18H16N2O2S2. The second-order valence-electron chi connectivity index (χ2n) is 5.15. The highest BCUT2D eigenvalue weighted by atomic mass is 32.1. The van der Waals surface area contributed by atoms with Crippen LogP contribution < -0.4 is 10.6 Å². The smallest absolute Gasteiger partial charge is 0.348 e. The van der Waals surface area contributed by atoms with E-state index in [1.807, 2.05) is 54.6 Å². The SMILES string of the molecule is COC(=O)c1cc2cc(NC(=S)NCc3ccccc3)ccc2s1. The van der Waals surface area contributed by atoms with Gasteiger partial charge in [0.15, 0.2) is 5.11 Å². The van der Waals surface area contributed by atoms with Crippen LogP contribution in [0.25, 0.3) is 10.1 Å². The lowest BCUT2D eigenvalue weighted by Gasteiger charge is -2.10. The van der Waals surface area contributed by atoms with E-state index < -0.39 is 0 Å². The van der Waals surface area contributed by atoms with E-state index >= 15 is 0 Å². The summed E-state index contributed by atoms with van der Waals surface area (Å²) in [6.07, 6.45) is 0. The Bertz CT molecular complexity index is 875. The van der Waals surface area contributed by atoms with E-state index in [4.69, 9.17) is 17.0 Å². The van der Waals surface area contributed by atoms with Gasteiger partial charge in [0.1, 0.15) is 4.88 Å². The van der Waals surface area contributed by atoms with E-state index in [2.05, 4.69) is 10.6 Å². The predicted molar refractivity (Wildman–Crippen MR) is 103 cm³/mol.